The molecule has 5 aromatic rings. The number of aromatic nitrogens is 2. The molecule has 3 aromatic carbocycles. The van der Waals surface area contributed by atoms with Crippen LogP contribution in [0.3, 0.4) is 0 Å². The molecule has 7 rings (SSSR count). The number of carbonyl (C=O) groups excluding carboxylic acids is 1. The Kier molecular flexibility index (Phi) is 7.39. The zero-order valence-electron chi connectivity index (χ0n) is 24.2. The SMILES string of the molecule is COc1ccc(-c2ccc3cc(-c4c(C5CCCCC5)c5ccccc5n4CC(=O)N4CCOCC4)ccc3n2)cc1. The molecule has 2 aliphatic rings. The Morgan fingerprint density at radius 3 is 2.45 bits per heavy atom. The maximum Gasteiger partial charge on any atom is 0.242 e. The van der Waals surface area contributed by atoms with E-state index in [1.54, 1.807) is 7.11 Å². The van der Waals surface area contributed by atoms with Gasteiger partial charge in [-0.3, -0.25) is 4.79 Å². The van der Waals surface area contributed by atoms with Crippen molar-refractivity contribution >= 4 is 27.7 Å². The first-order valence-electron chi connectivity index (χ1n) is 15.2. The lowest BCUT2D eigenvalue weighted by molar-refractivity contribution is -0.135. The van der Waals surface area contributed by atoms with Gasteiger partial charge in [-0.25, -0.2) is 4.98 Å². The van der Waals surface area contributed by atoms with Crippen LogP contribution in [0.2, 0.25) is 0 Å². The van der Waals surface area contributed by atoms with Crippen molar-refractivity contribution in [1.82, 2.24) is 14.5 Å². The number of morpholine rings is 1. The minimum Gasteiger partial charge on any atom is -0.497 e. The second kappa shape index (κ2) is 11.6. The maximum atomic E-state index is 13.6. The van der Waals surface area contributed by atoms with Gasteiger partial charge >= 0.3 is 0 Å². The molecule has 42 heavy (non-hydrogen) atoms. The average Bonchev–Trinajstić information content (AvgIpc) is 3.39. The number of carbonyl (C=O) groups is 1. The van der Waals surface area contributed by atoms with Crippen LogP contribution in [0.25, 0.3) is 44.3 Å². The van der Waals surface area contributed by atoms with E-state index in [-0.39, 0.29) is 5.91 Å². The van der Waals surface area contributed by atoms with Crippen molar-refractivity contribution in [1.29, 1.82) is 0 Å². The fraction of sp³-hybridized carbons (Fsp3) is 0.333. The van der Waals surface area contributed by atoms with Crippen LogP contribution in [-0.4, -0.2) is 53.8 Å². The number of hydrogen-bond donors (Lipinski definition) is 0. The van der Waals surface area contributed by atoms with Gasteiger partial charge in [0.2, 0.25) is 5.91 Å². The predicted octanol–water partition coefficient (Wildman–Crippen LogP) is 7.44. The highest BCUT2D eigenvalue weighted by molar-refractivity contribution is 5.96. The molecule has 1 aliphatic carbocycles. The zero-order chi connectivity index (χ0) is 28.5. The molecule has 0 bridgehead atoms. The van der Waals surface area contributed by atoms with Crippen molar-refractivity contribution in [2.45, 2.75) is 44.6 Å². The quantitative estimate of drug-likeness (QED) is 0.217. The first-order chi connectivity index (χ1) is 20.7. The highest BCUT2D eigenvalue weighted by Gasteiger charge is 2.28. The number of fused-ring (bicyclic) bond motifs is 2. The normalized spacial score (nSPS) is 16.3. The fourth-order valence-corrected chi connectivity index (χ4v) is 6.85. The molecule has 214 valence electrons. The summed E-state index contributed by atoms with van der Waals surface area (Å²) in [5.41, 5.74) is 7.83. The highest BCUT2D eigenvalue weighted by Crippen LogP contribution is 2.44. The number of para-hydroxylation sites is 1. The van der Waals surface area contributed by atoms with Gasteiger partial charge in [-0.1, -0.05) is 49.6 Å². The number of nitrogens with zero attached hydrogens (tertiary/aromatic N) is 3. The van der Waals surface area contributed by atoms with E-state index < -0.39 is 0 Å². The molecule has 0 radical (unpaired) electrons. The minimum atomic E-state index is 0.155. The Morgan fingerprint density at radius 2 is 1.67 bits per heavy atom. The van der Waals surface area contributed by atoms with Crippen LogP contribution in [0, 0.1) is 0 Å². The van der Waals surface area contributed by atoms with E-state index in [1.165, 1.54) is 48.7 Å². The van der Waals surface area contributed by atoms with Gasteiger partial charge in [-0.2, -0.15) is 0 Å². The van der Waals surface area contributed by atoms with Crippen LogP contribution >= 0.6 is 0 Å². The molecule has 0 N–H and O–H groups in total. The molecule has 1 saturated heterocycles. The zero-order valence-corrected chi connectivity index (χ0v) is 24.2. The molecule has 1 aliphatic heterocycles. The molecule has 0 atom stereocenters. The number of benzene rings is 3. The molecular weight excluding hydrogens is 522 g/mol. The molecule has 6 nitrogen and oxygen atoms in total. The van der Waals surface area contributed by atoms with E-state index in [0.717, 1.165) is 39.0 Å². The summed E-state index contributed by atoms with van der Waals surface area (Å²) in [6.45, 7) is 2.85. The second-order valence-electron chi connectivity index (χ2n) is 11.5. The highest BCUT2D eigenvalue weighted by atomic mass is 16.5. The van der Waals surface area contributed by atoms with Gasteiger partial charge in [0, 0.05) is 34.9 Å². The third kappa shape index (κ3) is 5.05. The molecule has 6 heteroatoms. The van der Waals surface area contributed by atoms with Crippen molar-refractivity contribution in [3.63, 3.8) is 0 Å². The van der Waals surface area contributed by atoms with E-state index in [2.05, 4.69) is 59.2 Å². The van der Waals surface area contributed by atoms with Crippen molar-refractivity contribution in [2.75, 3.05) is 33.4 Å². The lowest BCUT2D eigenvalue weighted by Crippen LogP contribution is -2.42. The van der Waals surface area contributed by atoms with Gasteiger partial charge in [0.05, 0.1) is 37.2 Å². The molecule has 0 unspecified atom stereocenters. The monoisotopic (exact) mass is 559 g/mol. The Hall–Kier alpha value is -4.16. The number of methoxy groups -OCH3 is 1. The largest absolute Gasteiger partial charge is 0.497 e. The number of ether oxygens (including phenoxy) is 2. The summed E-state index contributed by atoms with van der Waals surface area (Å²) in [5, 5.41) is 2.37. The number of amides is 1. The molecule has 1 amide bonds. The van der Waals surface area contributed by atoms with E-state index in [1.807, 2.05) is 29.2 Å². The van der Waals surface area contributed by atoms with Crippen LogP contribution in [0.1, 0.15) is 43.6 Å². The third-order valence-electron chi connectivity index (χ3n) is 9.03. The number of rotatable bonds is 6. The van der Waals surface area contributed by atoms with Crippen molar-refractivity contribution in [3.8, 4) is 28.3 Å². The van der Waals surface area contributed by atoms with Crippen molar-refractivity contribution in [3.05, 3.63) is 84.4 Å². The molecule has 2 aromatic heterocycles. The van der Waals surface area contributed by atoms with E-state index in [4.69, 9.17) is 14.5 Å². The Morgan fingerprint density at radius 1 is 0.905 bits per heavy atom. The van der Waals surface area contributed by atoms with Gasteiger partial charge in [-0.15, -0.1) is 0 Å². The van der Waals surface area contributed by atoms with Crippen LogP contribution < -0.4 is 4.74 Å². The van der Waals surface area contributed by atoms with Gasteiger partial charge in [0.25, 0.3) is 0 Å². The van der Waals surface area contributed by atoms with Crippen molar-refractivity contribution in [2.24, 2.45) is 0 Å². The van der Waals surface area contributed by atoms with Gasteiger partial charge < -0.3 is 18.9 Å². The summed E-state index contributed by atoms with van der Waals surface area (Å²) in [7, 11) is 1.68. The minimum absolute atomic E-state index is 0.155. The number of hydrogen-bond acceptors (Lipinski definition) is 4. The number of pyridine rings is 1. The average molecular weight is 560 g/mol. The molecular formula is C36H37N3O3. The van der Waals surface area contributed by atoms with Crippen LogP contribution in [0.15, 0.2) is 78.9 Å². The summed E-state index contributed by atoms with van der Waals surface area (Å²) in [6.07, 6.45) is 6.20. The standard InChI is InChI=1S/C36H37N3O3/c1-41-29-15-11-25(12-16-29)31-17-13-27-23-28(14-18-32(27)37-31)36-35(26-7-3-2-4-8-26)30-9-5-6-10-33(30)39(36)24-34(40)38-19-21-42-22-20-38/h5-6,9-18,23,26H,2-4,7-8,19-22,24H2,1H3. The van der Waals surface area contributed by atoms with Gasteiger partial charge in [-0.05, 0) is 78.4 Å². The summed E-state index contributed by atoms with van der Waals surface area (Å²) in [4.78, 5) is 20.6. The molecule has 1 saturated carbocycles. The Labute approximate surface area is 246 Å². The Balaban J connectivity index is 1.34. The van der Waals surface area contributed by atoms with Gasteiger partial charge in [0.1, 0.15) is 12.3 Å². The molecule has 2 fully saturated rings. The summed E-state index contributed by atoms with van der Waals surface area (Å²) < 4.78 is 13.1. The van der Waals surface area contributed by atoms with Crippen LogP contribution in [-0.2, 0) is 16.1 Å². The fourth-order valence-electron chi connectivity index (χ4n) is 6.85. The van der Waals surface area contributed by atoms with E-state index in [9.17, 15) is 4.79 Å². The van der Waals surface area contributed by atoms with Crippen LogP contribution in [0.4, 0.5) is 0 Å². The second-order valence-corrected chi connectivity index (χ2v) is 11.5. The topological polar surface area (TPSA) is 56.6 Å². The van der Waals surface area contributed by atoms with Crippen LogP contribution in [0.5, 0.6) is 5.75 Å². The van der Waals surface area contributed by atoms with E-state index >= 15 is 0 Å². The maximum absolute atomic E-state index is 13.6. The lowest BCUT2D eigenvalue weighted by atomic mass is 9.82. The first-order valence-corrected chi connectivity index (χ1v) is 15.2. The van der Waals surface area contributed by atoms with Gasteiger partial charge in [0.15, 0.2) is 0 Å². The summed E-state index contributed by atoms with van der Waals surface area (Å²) in [5.74, 6) is 1.48. The lowest BCUT2D eigenvalue weighted by Gasteiger charge is -2.28. The first kappa shape index (κ1) is 26.7. The molecule has 3 heterocycles. The van der Waals surface area contributed by atoms with Crippen molar-refractivity contribution < 1.29 is 14.3 Å². The smallest absolute Gasteiger partial charge is 0.242 e. The predicted molar refractivity (Wildman–Crippen MR) is 168 cm³/mol. The third-order valence-corrected chi connectivity index (χ3v) is 9.03. The van der Waals surface area contributed by atoms with E-state index in [0.29, 0.717) is 38.8 Å². The summed E-state index contributed by atoms with van der Waals surface area (Å²) in [6, 6.07) is 27.5. The summed E-state index contributed by atoms with van der Waals surface area (Å²) >= 11 is 0. The Bertz CT molecular complexity index is 1730. The molecule has 0 spiro atoms.